The Bertz CT molecular complexity index is 472. The summed E-state index contributed by atoms with van der Waals surface area (Å²) in [5.41, 5.74) is 0.569. The summed E-state index contributed by atoms with van der Waals surface area (Å²) < 4.78 is 10.7. The fraction of sp³-hybridized carbons (Fsp3) is 0.571. The summed E-state index contributed by atoms with van der Waals surface area (Å²) in [4.78, 5) is 10.8. The van der Waals surface area contributed by atoms with E-state index in [0.29, 0.717) is 30.6 Å². The fourth-order valence-corrected chi connectivity index (χ4v) is 2.35. The van der Waals surface area contributed by atoms with Crippen LogP contribution in [0.25, 0.3) is 0 Å². The van der Waals surface area contributed by atoms with Crippen LogP contribution in [-0.2, 0) is 4.74 Å². The van der Waals surface area contributed by atoms with Gasteiger partial charge in [-0.05, 0) is 32.4 Å². The minimum Gasteiger partial charge on any atom is -0.494 e. The third kappa shape index (κ3) is 3.39. The van der Waals surface area contributed by atoms with E-state index in [1.165, 1.54) is 6.07 Å². The Kier molecular flexibility index (Phi) is 4.79. The van der Waals surface area contributed by atoms with E-state index in [-0.39, 0.29) is 16.7 Å². The summed E-state index contributed by atoms with van der Waals surface area (Å²) in [5.74, 6) is 0.905. The van der Waals surface area contributed by atoms with Crippen molar-refractivity contribution in [2.45, 2.75) is 26.3 Å². The SMILES string of the molecule is CCOc1ccc(NC(C)C2CCOC2)c([N+](=O)[O-])c1. The van der Waals surface area contributed by atoms with Crippen LogP contribution in [-0.4, -0.2) is 30.8 Å². The molecule has 0 amide bonds. The molecule has 0 bridgehead atoms. The van der Waals surface area contributed by atoms with Gasteiger partial charge in [-0.3, -0.25) is 10.1 Å². The van der Waals surface area contributed by atoms with Gasteiger partial charge < -0.3 is 14.8 Å². The highest BCUT2D eigenvalue weighted by Gasteiger charge is 2.24. The standard InChI is InChI=1S/C14H20N2O4/c1-3-20-12-4-5-13(14(8-12)16(17)18)15-10(2)11-6-7-19-9-11/h4-5,8,10-11,15H,3,6-7,9H2,1-2H3. The van der Waals surface area contributed by atoms with Crippen molar-refractivity contribution in [1.82, 2.24) is 0 Å². The van der Waals surface area contributed by atoms with Gasteiger partial charge >= 0.3 is 0 Å². The molecule has 1 saturated heterocycles. The molecule has 0 saturated carbocycles. The number of ether oxygens (including phenoxy) is 2. The second-order valence-electron chi connectivity index (χ2n) is 4.93. The van der Waals surface area contributed by atoms with Gasteiger partial charge in [0, 0.05) is 18.6 Å². The average molecular weight is 280 g/mol. The molecule has 1 aliphatic heterocycles. The number of hydrogen-bond acceptors (Lipinski definition) is 5. The summed E-state index contributed by atoms with van der Waals surface area (Å²) in [5, 5.41) is 14.4. The van der Waals surface area contributed by atoms with Crippen LogP contribution in [0.4, 0.5) is 11.4 Å². The molecule has 6 heteroatoms. The van der Waals surface area contributed by atoms with Crippen LogP contribution >= 0.6 is 0 Å². The average Bonchev–Trinajstić information content (AvgIpc) is 2.94. The number of nitrogens with zero attached hydrogens (tertiary/aromatic N) is 1. The van der Waals surface area contributed by atoms with E-state index < -0.39 is 0 Å². The minimum absolute atomic E-state index is 0.0433. The lowest BCUT2D eigenvalue weighted by molar-refractivity contribution is -0.384. The zero-order chi connectivity index (χ0) is 14.5. The largest absolute Gasteiger partial charge is 0.494 e. The van der Waals surface area contributed by atoms with Gasteiger partial charge in [0.25, 0.3) is 5.69 Å². The molecule has 1 N–H and O–H groups in total. The number of benzene rings is 1. The molecule has 20 heavy (non-hydrogen) atoms. The number of nitro groups is 1. The van der Waals surface area contributed by atoms with Crippen LogP contribution in [0.15, 0.2) is 18.2 Å². The van der Waals surface area contributed by atoms with Crippen LogP contribution in [0.2, 0.25) is 0 Å². The summed E-state index contributed by atoms with van der Waals surface area (Å²) in [6.07, 6.45) is 0.985. The maximum absolute atomic E-state index is 11.2. The number of hydrogen-bond donors (Lipinski definition) is 1. The third-order valence-corrected chi connectivity index (χ3v) is 3.53. The fourth-order valence-electron chi connectivity index (χ4n) is 2.35. The van der Waals surface area contributed by atoms with Crippen LogP contribution < -0.4 is 10.1 Å². The first-order chi connectivity index (χ1) is 9.61. The second-order valence-corrected chi connectivity index (χ2v) is 4.93. The Hall–Kier alpha value is -1.82. The number of nitro benzene ring substituents is 1. The molecular weight excluding hydrogens is 260 g/mol. The molecule has 2 rings (SSSR count). The molecule has 0 radical (unpaired) electrons. The van der Waals surface area contributed by atoms with Gasteiger partial charge in [0.05, 0.1) is 24.2 Å². The topological polar surface area (TPSA) is 73.6 Å². The lowest BCUT2D eigenvalue weighted by Crippen LogP contribution is -2.26. The van der Waals surface area contributed by atoms with Crippen LogP contribution in [0.1, 0.15) is 20.3 Å². The first-order valence-electron chi connectivity index (χ1n) is 6.87. The van der Waals surface area contributed by atoms with Gasteiger partial charge in [0.1, 0.15) is 11.4 Å². The maximum Gasteiger partial charge on any atom is 0.296 e. The van der Waals surface area contributed by atoms with Gasteiger partial charge in [-0.1, -0.05) is 0 Å². The first kappa shape index (κ1) is 14.6. The molecule has 2 unspecified atom stereocenters. The quantitative estimate of drug-likeness (QED) is 0.640. The lowest BCUT2D eigenvalue weighted by Gasteiger charge is -2.20. The molecule has 0 aromatic heterocycles. The summed E-state index contributed by atoms with van der Waals surface area (Å²) >= 11 is 0. The van der Waals surface area contributed by atoms with Crippen LogP contribution in [0.5, 0.6) is 5.75 Å². The summed E-state index contributed by atoms with van der Waals surface area (Å²) in [7, 11) is 0. The van der Waals surface area contributed by atoms with E-state index in [1.54, 1.807) is 12.1 Å². The van der Waals surface area contributed by atoms with Gasteiger partial charge in [-0.15, -0.1) is 0 Å². The predicted molar refractivity (Wildman–Crippen MR) is 76.3 cm³/mol. The predicted octanol–water partition coefficient (Wildman–Crippen LogP) is 2.83. The Morgan fingerprint density at radius 1 is 1.60 bits per heavy atom. The van der Waals surface area contributed by atoms with Gasteiger partial charge in [0.2, 0.25) is 0 Å². The molecule has 0 aliphatic carbocycles. The molecular formula is C14H20N2O4. The molecule has 1 aromatic carbocycles. The van der Waals surface area contributed by atoms with E-state index in [0.717, 1.165) is 13.0 Å². The number of anilines is 1. The zero-order valence-corrected chi connectivity index (χ0v) is 11.8. The Labute approximate surface area is 118 Å². The summed E-state index contributed by atoms with van der Waals surface area (Å²) in [6.45, 7) is 5.83. The highest BCUT2D eigenvalue weighted by atomic mass is 16.6. The van der Waals surface area contributed by atoms with Crippen molar-refractivity contribution in [3.05, 3.63) is 28.3 Å². The van der Waals surface area contributed by atoms with Crippen molar-refractivity contribution in [3.8, 4) is 5.75 Å². The van der Waals surface area contributed by atoms with Gasteiger partial charge in [-0.25, -0.2) is 0 Å². The lowest BCUT2D eigenvalue weighted by atomic mass is 10.0. The molecule has 0 spiro atoms. The molecule has 1 heterocycles. The second kappa shape index (κ2) is 6.56. The van der Waals surface area contributed by atoms with Crippen molar-refractivity contribution >= 4 is 11.4 Å². The molecule has 1 aliphatic rings. The molecule has 1 fully saturated rings. The van der Waals surface area contributed by atoms with E-state index in [9.17, 15) is 10.1 Å². The highest BCUT2D eigenvalue weighted by molar-refractivity contribution is 5.64. The maximum atomic E-state index is 11.2. The first-order valence-corrected chi connectivity index (χ1v) is 6.87. The van der Waals surface area contributed by atoms with Crippen molar-refractivity contribution in [2.75, 3.05) is 25.1 Å². The van der Waals surface area contributed by atoms with E-state index in [1.807, 2.05) is 13.8 Å². The normalized spacial score (nSPS) is 19.6. The summed E-state index contributed by atoms with van der Waals surface area (Å²) in [6, 6.07) is 5.05. The van der Waals surface area contributed by atoms with E-state index >= 15 is 0 Å². The van der Waals surface area contributed by atoms with Crippen LogP contribution in [0.3, 0.4) is 0 Å². The zero-order valence-electron chi connectivity index (χ0n) is 11.8. The number of rotatable bonds is 6. The van der Waals surface area contributed by atoms with Gasteiger partial charge in [-0.2, -0.15) is 0 Å². The molecule has 6 nitrogen and oxygen atoms in total. The Balaban J connectivity index is 2.15. The van der Waals surface area contributed by atoms with Crippen LogP contribution in [0, 0.1) is 16.0 Å². The Morgan fingerprint density at radius 3 is 3.00 bits per heavy atom. The van der Waals surface area contributed by atoms with Crippen molar-refractivity contribution in [2.24, 2.45) is 5.92 Å². The van der Waals surface area contributed by atoms with Crippen molar-refractivity contribution in [3.63, 3.8) is 0 Å². The molecule has 2 atom stereocenters. The van der Waals surface area contributed by atoms with Crippen molar-refractivity contribution < 1.29 is 14.4 Å². The number of nitrogens with one attached hydrogen (secondary N) is 1. The van der Waals surface area contributed by atoms with E-state index in [4.69, 9.17) is 9.47 Å². The van der Waals surface area contributed by atoms with Gasteiger partial charge in [0.15, 0.2) is 0 Å². The Morgan fingerprint density at radius 2 is 2.40 bits per heavy atom. The highest BCUT2D eigenvalue weighted by Crippen LogP contribution is 2.31. The van der Waals surface area contributed by atoms with E-state index in [2.05, 4.69) is 5.32 Å². The smallest absolute Gasteiger partial charge is 0.296 e. The molecule has 1 aromatic rings. The third-order valence-electron chi connectivity index (χ3n) is 3.53. The minimum atomic E-state index is -0.386. The molecule has 110 valence electrons. The monoisotopic (exact) mass is 280 g/mol. The van der Waals surface area contributed by atoms with Crippen molar-refractivity contribution in [1.29, 1.82) is 0 Å².